The molecule has 1 rings (SSSR count). The highest BCUT2D eigenvalue weighted by Gasteiger charge is 2.00. The summed E-state index contributed by atoms with van der Waals surface area (Å²) < 4.78 is 9.93. The summed E-state index contributed by atoms with van der Waals surface area (Å²) in [5.74, 6) is -0.318. The Morgan fingerprint density at radius 1 is 1.44 bits per heavy atom. The Balaban J connectivity index is 2.15. The van der Waals surface area contributed by atoms with Crippen LogP contribution in [0, 0.1) is 0 Å². The smallest absolute Gasteiger partial charge is 0.332 e. The zero-order valence-corrected chi connectivity index (χ0v) is 11.6. The second-order valence-electron chi connectivity index (χ2n) is 3.52. The number of carbonyl (C=O) groups excluding carboxylic acids is 1. The van der Waals surface area contributed by atoms with Gasteiger partial charge in [0.2, 0.25) is 0 Å². The predicted molar refractivity (Wildman–Crippen MR) is 74.2 cm³/mol. The zero-order chi connectivity index (χ0) is 13.2. The van der Waals surface area contributed by atoms with Gasteiger partial charge in [-0.2, -0.15) is 0 Å². The van der Waals surface area contributed by atoms with Gasteiger partial charge < -0.3 is 14.8 Å². The Bertz CT molecular complexity index is 371. The van der Waals surface area contributed by atoms with Crippen LogP contribution in [-0.2, 0) is 14.3 Å². The van der Waals surface area contributed by atoms with Crippen LogP contribution in [0.1, 0.15) is 6.92 Å². The molecule has 1 N–H and O–H groups in total. The molecule has 1 aromatic rings. The lowest BCUT2D eigenvalue weighted by atomic mass is 10.3. The largest absolute Gasteiger partial charge is 0.464 e. The van der Waals surface area contributed by atoms with E-state index in [0.717, 1.165) is 5.69 Å². The number of hydrogen-bond donors (Lipinski definition) is 1. The van der Waals surface area contributed by atoms with Crippen molar-refractivity contribution in [2.45, 2.75) is 11.8 Å². The van der Waals surface area contributed by atoms with Gasteiger partial charge in [0.05, 0.1) is 13.2 Å². The van der Waals surface area contributed by atoms with Crippen molar-refractivity contribution >= 4 is 23.4 Å². The molecule has 0 aliphatic carbocycles. The summed E-state index contributed by atoms with van der Waals surface area (Å²) in [6.07, 6.45) is 2.04. The summed E-state index contributed by atoms with van der Waals surface area (Å²) >= 11 is 1.70. The number of anilines is 1. The van der Waals surface area contributed by atoms with E-state index in [0.29, 0.717) is 19.8 Å². The molecule has 0 unspecified atom stereocenters. The molecule has 0 aromatic heterocycles. The van der Waals surface area contributed by atoms with Crippen LogP contribution in [0.4, 0.5) is 5.69 Å². The Kier molecular flexibility index (Phi) is 7.29. The molecule has 0 saturated carbocycles. The van der Waals surface area contributed by atoms with Crippen LogP contribution >= 0.6 is 11.8 Å². The average Bonchev–Trinajstić information content (AvgIpc) is 2.39. The molecule has 0 atom stereocenters. The Hall–Kier alpha value is -1.20. The first-order valence-electron chi connectivity index (χ1n) is 5.87. The Morgan fingerprint density at radius 3 is 3.00 bits per heavy atom. The van der Waals surface area contributed by atoms with Crippen molar-refractivity contribution in [3.63, 3.8) is 0 Å². The molecule has 100 valence electrons. The highest BCUT2D eigenvalue weighted by atomic mass is 32.2. The van der Waals surface area contributed by atoms with Crippen LogP contribution in [0.3, 0.4) is 0 Å². The highest BCUT2D eigenvalue weighted by molar-refractivity contribution is 7.98. The number of nitrogens with one attached hydrogen (secondary N) is 1. The third kappa shape index (κ3) is 5.93. The van der Waals surface area contributed by atoms with Crippen LogP contribution in [0.2, 0.25) is 0 Å². The molecule has 5 heteroatoms. The third-order valence-corrected chi connectivity index (χ3v) is 2.90. The topological polar surface area (TPSA) is 47.6 Å². The van der Waals surface area contributed by atoms with Gasteiger partial charge in [-0.05, 0) is 31.4 Å². The molecule has 0 radical (unpaired) electrons. The fourth-order valence-corrected chi connectivity index (χ4v) is 1.82. The van der Waals surface area contributed by atoms with Crippen LogP contribution in [-0.4, -0.2) is 38.6 Å². The number of carbonyl (C=O) groups is 1. The van der Waals surface area contributed by atoms with Gasteiger partial charge in [0.15, 0.2) is 0 Å². The molecule has 0 saturated heterocycles. The van der Waals surface area contributed by atoms with Crippen LogP contribution in [0.25, 0.3) is 0 Å². The molecule has 0 bridgehead atoms. The van der Waals surface area contributed by atoms with Crippen molar-refractivity contribution in [1.82, 2.24) is 0 Å². The molecule has 0 amide bonds. The van der Waals surface area contributed by atoms with Gasteiger partial charge >= 0.3 is 5.97 Å². The van der Waals surface area contributed by atoms with Crippen molar-refractivity contribution in [2.75, 3.05) is 37.9 Å². The van der Waals surface area contributed by atoms with Gasteiger partial charge in [-0.1, -0.05) is 6.07 Å². The van der Waals surface area contributed by atoms with Crippen LogP contribution in [0.5, 0.6) is 0 Å². The lowest BCUT2D eigenvalue weighted by Crippen LogP contribution is -2.16. The quantitative estimate of drug-likeness (QED) is 0.446. The highest BCUT2D eigenvalue weighted by Crippen LogP contribution is 2.18. The van der Waals surface area contributed by atoms with Crippen molar-refractivity contribution in [2.24, 2.45) is 0 Å². The van der Waals surface area contributed by atoms with Crippen molar-refractivity contribution in [3.05, 3.63) is 24.3 Å². The fraction of sp³-hybridized carbons (Fsp3) is 0.462. The van der Waals surface area contributed by atoms with Crippen molar-refractivity contribution in [3.8, 4) is 0 Å². The van der Waals surface area contributed by atoms with Gasteiger partial charge in [-0.25, -0.2) is 4.79 Å². The predicted octanol–water partition coefficient (Wildman–Crippen LogP) is 2.40. The fourth-order valence-electron chi connectivity index (χ4n) is 1.36. The molecule has 0 fully saturated rings. The minimum absolute atomic E-state index is 0.0143. The molecular weight excluding hydrogens is 250 g/mol. The number of ether oxygens (including phenoxy) is 2. The number of esters is 1. The number of rotatable bonds is 8. The lowest BCUT2D eigenvalue weighted by molar-refractivity contribution is -0.148. The summed E-state index contributed by atoms with van der Waals surface area (Å²) in [4.78, 5) is 12.2. The van der Waals surface area contributed by atoms with E-state index in [1.807, 2.05) is 18.4 Å². The van der Waals surface area contributed by atoms with Crippen LogP contribution in [0.15, 0.2) is 29.2 Å². The molecule has 0 spiro atoms. The first kappa shape index (κ1) is 14.9. The van der Waals surface area contributed by atoms with E-state index in [1.165, 1.54) is 4.90 Å². The van der Waals surface area contributed by atoms with E-state index in [1.54, 1.807) is 18.7 Å². The lowest BCUT2D eigenvalue weighted by Gasteiger charge is -2.08. The zero-order valence-electron chi connectivity index (χ0n) is 10.8. The average molecular weight is 269 g/mol. The maximum absolute atomic E-state index is 11.0. The Morgan fingerprint density at radius 2 is 2.28 bits per heavy atom. The second-order valence-corrected chi connectivity index (χ2v) is 4.40. The summed E-state index contributed by atoms with van der Waals surface area (Å²) in [6.45, 7) is 3.32. The summed E-state index contributed by atoms with van der Waals surface area (Å²) in [6, 6.07) is 8.15. The molecule has 1 aromatic carbocycles. The first-order chi connectivity index (χ1) is 8.76. The van der Waals surface area contributed by atoms with Gasteiger partial charge in [-0.3, -0.25) is 0 Å². The van der Waals surface area contributed by atoms with E-state index in [9.17, 15) is 4.79 Å². The van der Waals surface area contributed by atoms with E-state index >= 15 is 0 Å². The number of thioether (sulfide) groups is 1. The third-order valence-electron chi connectivity index (χ3n) is 2.17. The van der Waals surface area contributed by atoms with Crippen LogP contribution < -0.4 is 5.32 Å². The second kappa shape index (κ2) is 8.83. The van der Waals surface area contributed by atoms with Gasteiger partial charge in [0, 0.05) is 17.1 Å². The monoisotopic (exact) mass is 269 g/mol. The number of hydrogen-bond acceptors (Lipinski definition) is 5. The number of benzene rings is 1. The SMILES string of the molecule is CCOC(=O)COCCNc1cccc(SC)c1. The maximum atomic E-state index is 11.0. The molecule has 0 heterocycles. The minimum Gasteiger partial charge on any atom is -0.464 e. The molecular formula is C13H19NO3S. The van der Waals surface area contributed by atoms with E-state index in [2.05, 4.69) is 17.4 Å². The Labute approximate surface area is 112 Å². The molecule has 18 heavy (non-hydrogen) atoms. The standard InChI is InChI=1S/C13H19NO3S/c1-3-17-13(15)10-16-8-7-14-11-5-4-6-12(9-11)18-2/h4-6,9,14H,3,7-8,10H2,1-2H3. The summed E-state index contributed by atoms with van der Waals surface area (Å²) in [5.41, 5.74) is 1.06. The van der Waals surface area contributed by atoms with E-state index < -0.39 is 0 Å². The first-order valence-corrected chi connectivity index (χ1v) is 7.10. The van der Waals surface area contributed by atoms with Gasteiger partial charge in [0.1, 0.15) is 6.61 Å². The van der Waals surface area contributed by atoms with E-state index in [4.69, 9.17) is 9.47 Å². The normalized spacial score (nSPS) is 10.1. The summed E-state index contributed by atoms with van der Waals surface area (Å²) in [5, 5.41) is 3.23. The summed E-state index contributed by atoms with van der Waals surface area (Å²) in [7, 11) is 0. The minimum atomic E-state index is -0.318. The van der Waals surface area contributed by atoms with Gasteiger partial charge in [-0.15, -0.1) is 11.8 Å². The molecule has 0 aliphatic heterocycles. The maximum Gasteiger partial charge on any atom is 0.332 e. The van der Waals surface area contributed by atoms with Crippen molar-refractivity contribution < 1.29 is 14.3 Å². The van der Waals surface area contributed by atoms with Crippen molar-refractivity contribution in [1.29, 1.82) is 0 Å². The molecule has 4 nitrogen and oxygen atoms in total. The van der Waals surface area contributed by atoms with E-state index in [-0.39, 0.29) is 12.6 Å². The molecule has 0 aliphatic rings. The van der Waals surface area contributed by atoms with Gasteiger partial charge in [0.25, 0.3) is 0 Å².